The molecule has 3 rings (SSSR count). The maximum absolute atomic E-state index is 12.5. The zero-order chi connectivity index (χ0) is 14.3. The minimum absolute atomic E-state index is 0.0515. The molecule has 6 heteroatoms. The molecule has 2 aromatic rings. The van der Waals surface area contributed by atoms with Crippen LogP contribution in [0.3, 0.4) is 0 Å². The highest BCUT2D eigenvalue weighted by atomic mass is 16.5. The standard InChI is InChI=1S/C14H18N4O2/c1-8-11(9(2)20-17-8)7-18(3)14(19)13-10-5-4-6-12(10)15-16-13/h4-7H2,1-3H3,(H,15,16). The second kappa shape index (κ2) is 4.77. The van der Waals surface area contributed by atoms with E-state index in [1.165, 1.54) is 0 Å². The second-order valence-corrected chi connectivity index (χ2v) is 5.35. The van der Waals surface area contributed by atoms with Gasteiger partial charge in [-0.05, 0) is 33.1 Å². The Morgan fingerprint density at radius 1 is 1.40 bits per heavy atom. The summed E-state index contributed by atoms with van der Waals surface area (Å²) in [6.45, 7) is 4.23. The van der Waals surface area contributed by atoms with Crippen molar-refractivity contribution in [2.75, 3.05) is 7.05 Å². The van der Waals surface area contributed by atoms with Crippen LogP contribution < -0.4 is 0 Å². The molecule has 2 heterocycles. The Morgan fingerprint density at radius 2 is 2.20 bits per heavy atom. The van der Waals surface area contributed by atoms with Crippen molar-refractivity contribution in [3.8, 4) is 0 Å². The lowest BCUT2D eigenvalue weighted by Gasteiger charge is -2.16. The number of amides is 1. The van der Waals surface area contributed by atoms with Gasteiger partial charge < -0.3 is 9.42 Å². The van der Waals surface area contributed by atoms with Crippen LogP contribution in [0.5, 0.6) is 0 Å². The number of rotatable bonds is 3. The van der Waals surface area contributed by atoms with Crippen molar-refractivity contribution < 1.29 is 9.32 Å². The SMILES string of the molecule is Cc1noc(C)c1CN(C)C(=O)c1n[nH]c2c1CCC2. The summed E-state index contributed by atoms with van der Waals surface area (Å²) in [5.74, 6) is 0.707. The number of hydrogen-bond donors (Lipinski definition) is 1. The fraction of sp³-hybridized carbons (Fsp3) is 0.500. The summed E-state index contributed by atoms with van der Waals surface area (Å²) < 4.78 is 5.13. The van der Waals surface area contributed by atoms with Crippen LogP contribution in [-0.2, 0) is 19.4 Å². The third-order valence-electron chi connectivity index (χ3n) is 3.93. The normalized spacial score (nSPS) is 13.6. The van der Waals surface area contributed by atoms with E-state index in [-0.39, 0.29) is 5.91 Å². The highest BCUT2D eigenvalue weighted by Gasteiger charge is 2.26. The van der Waals surface area contributed by atoms with E-state index in [9.17, 15) is 4.79 Å². The second-order valence-electron chi connectivity index (χ2n) is 5.35. The van der Waals surface area contributed by atoms with Gasteiger partial charge in [0.1, 0.15) is 5.76 Å². The number of carbonyl (C=O) groups excluding carboxylic acids is 1. The molecule has 0 saturated heterocycles. The lowest BCUT2D eigenvalue weighted by atomic mass is 10.1. The van der Waals surface area contributed by atoms with Crippen LogP contribution >= 0.6 is 0 Å². The Hall–Kier alpha value is -2.11. The zero-order valence-corrected chi connectivity index (χ0v) is 12.0. The van der Waals surface area contributed by atoms with Crippen molar-refractivity contribution >= 4 is 5.91 Å². The molecule has 0 spiro atoms. The Bertz CT molecular complexity index is 637. The fourth-order valence-electron chi connectivity index (χ4n) is 2.71. The minimum atomic E-state index is -0.0515. The van der Waals surface area contributed by atoms with E-state index >= 15 is 0 Å². The molecule has 6 nitrogen and oxygen atoms in total. The topological polar surface area (TPSA) is 75.0 Å². The lowest BCUT2D eigenvalue weighted by molar-refractivity contribution is 0.0777. The highest BCUT2D eigenvalue weighted by Crippen LogP contribution is 2.24. The molecule has 1 N–H and O–H groups in total. The van der Waals surface area contributed by atoms with Crippen LogP contribution in [0.25, 0.3) is 0 Å². The summed E-state index contributed by atoms with van der Waals surface area (Å²) in [5.41, 5.74) is 4.55. The van der Waals surface area contributed by atoms with E-state index in [1.807, 2.05) is 13.8 Å². The van der Waals surface area contributed by atoms with Crippen LogP contribution in [0.4, 0.5) is 0 Å². The number of nitrogens with zero attached hydrogens (tertiary/aromatic N) is 3. The van der Waals surface area contributed by atoms with Crippen molar-refractivity contribution in [2.24, 2.45) is 0 Å². The molecule has 0 aromatic carbocycles. The summed E-state index contributed by atoms with van der Waals surface area (Å²) in [5, 5.41) is 11.1. The third kappa shape index (κ3) is 2.01. The lowest BCUT2D eigenvalue weighted by Crippen LogP contribution is -2.27. The summed E-state index contributed by atoms with van der Waals surface area (Å²) >= 11 is 0. The average Bonchev–Trinajstić information content (AvgIpc) is 3.09. The molecule has 1 aliphatic carbocycles. The van der Waals surface area contributed by atoms with Crippen molar-refractivity contribution in [2.45, 2.75) is 39.7 Å². The molecule has 0 atom stereocenters. The van der Waals surface area contributed by atoms with E-state index in [2.05, 4.69) is 15.4 Å². The van der Waals surface area contributed by atoms with Gasteiger partial charge in [-0.15, -0.1) is 0 Å². The summed E-state index contributed by atoms with van der Waals surface area (Å²) in [6.07, 6.45) is 3.02. The molecule has 20 heavy (non-hydrogen) atoms. The van der Waals surface area contributed by atoms with Gasteiger partial charge in [-0.3, -0.25) is 9.89 Å². The molecule has 0 fully saturated rings. The first kappa shape index (κ1) is 12.9. The maximum Gasteiger partial charge on any atom is 0.274 e. The monoisotopic (exact) mass is 274 g/mol. The molecular formula is C14H18N4O2. The van der Waals surface area contributed by atoms with Crippen LogP contribution in [0.15, 0.2) is 4.52 Å². The first-order valence-electron chi connectivity index (χ1n) is 6.81. The van der Waals surface area contributed by atoms with E-state index < -0.39 is 0 Å². The van der Waals surface area contributed by atoms with Crippen LogP contribution in [0.1, 0.15) is 45.2 Å². The van der Waals surface area contributed by atoms with Crippen LogP contribution in [0.2, 0.25) is 0 Å². The molecule has 0 bridgehead atoms. The van der Waals surface area contributed by atoms with Gasteiger partial charge >= 0.3 is 0 Å². The van der Waals surface area contributed by atoms with Gasteiger partial charge in [-0.2, -0.15) is 5.10 Å². The summed E-state index contributed by atoms with van der Waals surface area (Å²) in [4.78, 5) is 14.2. The third-order valence-corrected chi connectivity index (χ3v) is 3.93. The average molecular weight is 274 g/mol. The number of aromatic nitrogens is 3. The molecular weight excluding hydrogens is 256 g/mol. The van der Waals surface area contributed by atoms with Crippen LogP contribution in [-0.4, -0.2) is 33.2 Å². The molecule has 0 radical (unpaired) electrons. The first-order chi connectivity index (χ1) is 9.58. The molecule has 2 aromatic heterocycles. The fourth-order valence-corrected chi connectivity index (χ4v) is 2.71. The Labute approximate surface area is 117 Å². The number of hydrogen-bond acceptors (Lipinski definition) is 4. The van der Waals surface area contributed by atoms with Gasteiger partial charge in [-0.25, -0.2) is 0 Å². The molecule has 1 aliphatic rings. The number of fused-ring (bicyclic) bond motifs is 1. The highest BCUT2D eigenvalue weighted by molar-refractivity contribution is 5.94. The Morgan fingerprint density at radius 3 is 2.90 bits per heavy atom. The summed E-state index contributed by atoms with van der Waals surface area (Å²) in [6, 6.07) is 0. The van der Waals surface area contributed by atoms with E-state index in [1.54, 1.807) is 11.9 Å². The smallest absolute Gasteiger partial charge is 0.274 e. The molecule has 0 saturated carbocycles. The van der Waals surface area contributed by atoms with Crippen LogP contribution in [0, 0.1) is 13.8 Å². The molecule has 0 unspecified atom stereocenters. The number of carbonyl (C=O) groups is 1. The Balaban J connectivity index is 1.80. The predicted molar refractivity (Wildman–Crippen MR) is 72.4 cm³/mol. The van der Waals surface area contributed by atoms with Crippen molar-refractivity contribution in [1.82, 2.24) is 20.3 Å². The molecule has 106 valence electrons. The number of nitrogens with one attached hydrogen (secondary N) is 1. The van der Waals surface area contributed by atoms with Gasteiger partial charge in [0.2, 0.25) is 0 Å². The van der Waals surface area contributed by atoms with Gasteiger partial charge in [0, 0.05) is 23.9 Å². The van der Waals surface area contributed by atoms with Crippen molar-refractivity contribution in [1.29, 1.82) is 0 Å². The van der Waals surface area contributed by atoms with Gasteiger partial charge in [-0.1, -0.05) is 5.16 Å². The van der Waals surface area contributed by atoms with Crippen molar-refractivity contribution in [3.05, 3.63) is 34.0 Å². The zero-order valence-electron chi connectivity index (χ0n) is 12.0. The number of aryl methyl sites for hydroxylation is 3. The van der Waals surface area contributed by atoms with E-state index in [0.29, 0.717) is 12.2 Å². The minimum Gasteiger partial charge on any atom is -0.361 e. The van der Waals surface area contributed by atoms with E-state index in [4.69, 9.17) is 4.52 Å². The summed E-state index contributed by atoms with van der Waals surface area (Å²) in [7, 11) is 1.78. The number of aromatic amines is 1. The largest absolute Gasteiger partial charge is 0.361 e. The molecule has 0 aliphatic heterocycles. The number of H-pyrrole nitrogens is 1. The molecule has 1 amide bonds. The first-order valence-corrected chi connectivity index (χ1v) is 6.81. The maximum atomic E-state index is 12.5. The predicted octanol–water partition coefficient (Wildman–Crippen LogP) is 1.78. The van der Waals surface area contributed by atoms with Gasteiger partial charge in [0.05, 0.1) is 12.2 Å². The van der Waals surface area contributed by atoms with E-state index in [0.717, 1.165) is 47.5 Å². The Kier molecular flexibility index (Phi) is 3.08. The van der Waals surface area contributed by atoms with Crippen molar-refractivity contribution in [3.63, 3.8) is 0 Å². The van der Waals surface area contributed by atoms with Gasteiger partial charge in [0.25, 0.3) is 5.91 Å². The quantitative estimate of drug-likeness (QED) is 0.925. The van der Waals surface area contributed by atoms with Gasteiger partial charge in [0.15, 0.2) is 5.69 Å².